The van der Waals surface area contributed by atoms with Gasteiger partial charge in [0.2, 0.25) is 0 Å². The van der Waals surface area contributed by atoms with Gasteiger partial charge in [-0.25, -0.2) is 4.68 Å². The molecule has 6 heteroatoms. The van der Waals surface area contributed by atoms with Crippen LogP contribution in [0.3, 0.4) is 0 Å². The number of guanidine groups is 1. The highest BCUT2D eigenvalue weighted by Crippen LogP contribution is 2.08. The monoisotopic (exact) mass is 336 g/mol. The van der Waals surface area contributed by atoms with Gasteiger partial charge < -0.3 is 14.8 Å². The molecule has 130 valence electrons. The van der Waals surface area contributed by atoms with E-state index in [9.17, 15) is 0 Å². The number of aliphatic imine (C=N–C) groups is 1. The lowest BCUT2D eigenvalue weighted by Crippen LogP contribution is -2.38. The summed E-state index contributed by atoms with van der Waals surface area (Å²) in [4.78, 5) is 6.48. The first-order chi connectivity index (χ1) is 12.2. The van der Waals surface area contributed by atoms with Gasteiger partial charge in [-0.15, -0.1) is 0 Å². The molecule has 0 saturated carbocycles. The normalized spacial score (nSPS) is 11.6. The van der Waals surface area contributed by atoms with Crippen LogP contribution in [0.5, 0.6) is 0 Å². The number of rotatable bonds is 5. The molecule has 0 aliphatic carbocycles. The molecular weight excluding hydrogens is 312 g/mol. The predicted octanol–water partition coefficient (Wildman–Crippen LogP) is 2.42. The van der Waals surface area contributed by atoms with Crippen LogP contribution in [0.4, 0.5) is 0 Å². The fourth-order valence-electron chi connectivity index (χ4n) is 2.72. The minimum absolute atomic E-state index is 0.678. The van der Waals surface area contributed by atoms with Gasteiger partial charge in [-0.1, -0.05) is 18.2 Å². The average Bonchev–Trinajstić information content (AvgIpc) is 3.26. The summed E-state index contributed by atoms with van der Waals surface area (Å²) in [5.41, 5.74) is 3.40. The van der Waals surface area contributed by atoms with E-state index < -0.39 is 0 Å². The van der Waals surface area contributed by atoms with E-state index in [1.54, 1.807) is 7.05 Å². The number of aromatic nitrogens is 3. The summed E-state index contributed by atoms with van der Waals surface area (Å²) >= 11 is 0. The first-order valence-electron chi connectivity index (χ1n) is 8.28. The predicted molar refractivity (Wildman–Crippen MR) is 101 cm³/mol. The van der Waals surface area contributed by atoms with E-state index in [4.69, 9.17) is 0 Å². The van der Waals surface area contributed by atoms with E-state index >= 15 is 0 Å². The van der Waals surface area contributed by atoms with Crippen molar-refractivity contribution < 1.29 is 0 Å². The van der Waals surface area contributed by atoms with Crippen molar-refractivity contribution in [2.45, 2.75) is 13.1 Å². The summed E-state index contributed by atoms with van der Waals surface area (Å²) in [6.45, 7) is 1.48. The topological polar surface area (TPSA) is 50.4 Å². The highest BCUT2D eigenvalue weighted by molar-refractivity contribution is 5.79. The molecule has 3 aromatic rings. The van der Waals surface area contributed by atoms with E-state index in [2.05, 4.69) is 50.3 Å². The van der Waals surface area contributed by atoms with Crippen LogP contribution in [-0.4, -0.2) is 39.3 Å². The van der Waals surface area contributed by atoms with Crippen molar-refractivity contribution in [2.24, 2.45) is 12.0 Å². The van der Waals surface area contributed by atoms with Crippen LogP contribution in [0.25, 0.3) is 5.69 Å². The summed E-state index contributed by atoms with van der Waals surface area (Å²) in [5, 5.41) is 7.82. The van der Waals surface area contributed by atoms with Crippen molar-refractivity contribution >= 4 is 5.96 Å². The Bertz CT molecular complexity index is 830. The first kappa shape index (κ1) is 16.8. The van der Waals surface area contributed by atoms with Gasteiger partial charge in [-0.3, -0.25) is 4.99 Å². The maximum absolute atomic E-state index is 4.43. The number of nitrogens with one attached hydrogen (secondary N) is 1. The molecule has 0 amide bonds. The van der Waals surface area contributed by atoms with E-state index in [1.165, 1.54) is 5.69 Å². The fourth-order valence-corrected chi connectivity index (χ4v) is 2.72. The summed E-state index contributed by atoms with van der Waals surface area (Å²) in [6, 6.07) is 14.3. The van der Waals surface area contributed by atoms with Crippen LogP contribution in [0.1, 0.15) is 11.3 Å². The molecular formula is C19H24N6. The Hall–Kier alpha value is -3.02. The molecule has 1 N–H and O–H groups in total. The van der Waals surface area contributed by atoms with Gasteiger partial charge in [0.25, 0.3) is 0 Å². The number of aryl methyl sites for hydroxylation is 1. The minimum Gasteiger partial charge on any atom is -0.353 e. The minimum atomic E-state index is 0.678. The second-order valence-electron chi connectivity index (χ2n) is 6.00. The molecule has 0 fully saturated rings. The van der Waals surface area contributed by atoms with Gasteiger partial charge in [0, 0.05) is 51.3 Å². The molecule has 25 heavy (non-hydrogen) atoms. The molecule has 6 nitrogen and oxygen atoms in total. The number of para-hydroxylation sites is 1. The maximum Gasteiger partial charge on any atom is 0.194 e. The Labute approximate surface area is 148 Å². The molecule has 0 saturated heterocycles. The third-order valence-electron chi connectivity index (χ3n) is 4.13. The maximum atomic E-state index is 4.43. The Morgan fingerprint density at radius 1 is 1.20 bits per heavy atom. The molecule has 0 atom stereocenters. The lowest BCUT2D eigenvalue weighted by Gasteiger charge is -2.22. The molecule has 0 spiro atoms. The largest absolute Gasteiger partial charge is 0.353 e. The van der Waals surface area contributed by atoms with Crippen LogP contribution in [-0.2, 0) is 20.1 Å². The second kappa shape index (κ2) is 7.70. The lowest BCUT2D eigenvalue weighted by molar-refractivity contribution is 0.461. The number of nitrogens with zero attached hydrogens (tertiary/aromatic N) is 5. The van der Waals surface area contributed by atoms with Gasteiger partial charge in [-0.05, 0) is 24.3 Å². The van der Waals surface area contributed by atoms with E-state index in [0.29, 0.717) is 6.54 Å². The average molecular weight is 336 g/mol. The van der Waals surface area contributed by atoms with E-state index in [-0.39, 0.29) is 0 Å². The standard InChI is InChI=1S/C19H24N6/c1-20-19(24(3)15-18-10-7-11-23(18)2)21-12-16-13-22-25(14-16)17-8-5-4-6-9-17/h4-11,13-14H,12,15H2,1-3H3,(H,20,21). The molecule has 2 aromatic heterocycles. The van der Waals surface area contributed by atoms with Gasteiger partial charge in [-0.2, -0.15) is 5.10 Å². The van der Waals surface area contributed by atoms with Crippen LogP contribution in [0.15, 0.2) is 66.0 Å². The molecule has 0 aliphatic rings. The van der Waals surface area contributed by atoms with E-state index in [1.807, 2.05) is 54.5 Å². The van der Waals surface area contributed by atoms with E-state index in [0.717, 1.165) is 23.8 Å². The number of hydrogen-bond donors (Lipinski definition) is 1. The van der Waals surface area contributed by atoms with Gasteiger partial charge in [0.05, 0.1) is 18.4 Å². The Balaban J connectivity index is 1.60. The molecule has 0 aliphatic heterocycles. The summed E-state index contributed by atoms with van der Waals surface area (Å²) in [5.74, 6) is 0.855. The third kappa shape index (κ3) is 4.09. The SMILES string of the molecule is CN=C(NCc1cnn(-c2ccccc2)c1)N(C)Cc1cccn1C. The number of hydrogen-bond acceptors (Lipinski definition) is 2. The molecule has 0 bridgehead atoms. The van der Waals surface area contributed by atoms with Crippen LogP contribution < -0.4 is 5.32 Å². The Morgan fingerprint density at radius 2 is 2.00 bits per heavy atom. The summed E-state index contributed by atoms with van der Waals surface area (Å²) < 4.78 is 4.00. The highest BCUT2D eigenvalue weighted by Gasteiger charge is 2.09. The molecule has 2 heterocycles. The van der Waals surface area contributed by atoms with Gasteiger partial charge >= 0.3 is 0 Å². The molecule has 3 rings (SSSR count). The first-order valence-corrected chi connectivity index (χ1v) is 8.28. The summed E-state index contributed by atoms with van der Waals surface area (Å²) in [7, 11) is 5.89. The van der Waals surface area contributed by atoms with Crippen molar-refractivity contribution in [1.29, 1.82) is 0 Å². The zero-order valence-electron chi connectivity index (χ0n) is 14.9. The highest BCUT2D eigenvalue weighted by atomic mass is 15.3. The Morgan fingerprint density at radius 3 is 2.68 bits per heavy atom. The van der Waals surface area contributed by atoms with Crippen molar-refractivity contribution in [3.8, 4) is 5.69 Å². The van der Waals surface area contributed by atoms with Crippen molar-refractivity contribution in [1.82, 2.24) is 24.6 Å². The third-order valence-corrected chi connectivity index (χ3v) is 4.13. The van der Waals surface area contributed by atoms with Gasteiger partial charge in [0.15, 0.2) is 5.96 Å². The van der Waals surface area contributed by atoms with Crippen molar-refractivity contribution in [3.63, 3.8) is 0 Å². The number of benzene rings is 1. The van der Waals surface area contributed by atoms with Crippen LogP contribution in [0.2, 0.25) is 0 Å². The van der Waals surface area contributed by atoms with Crippen molar-refractivity contribution in [3.05, 3.63) is 72.3 Å². The molecule has 0 radical (unpaired) electrons. The Kier molecular flexibility index (Phi) is 5.18. The molecule has 0 unspecified atom stereocenters. The van der Waals surface area contributed by atoms with Crippen LogP contribution >= 0.6 is 0 Å². The zero-order chi connectivity index (χ0) is 17.6. The zero-order valence-corrected chi connectivity index (χ0v) is 14.9. The summed E-state index contributed by atoms with van der Waals surface area (Å²) in [6.07, 6.45) is 5.97. The van der Waals surface area contributed by atoms with Gasteiger partial charge in [0.1, 0.15) is 0 Å². The molecule has 1 aromatic carbocycles. The van der Waals surface area contributed by atoms with Crippen LogP contribution in [0, 0.1) is 0 Å². The quantitative estimate of drug-likeness (QED) is 0.575. The second-order valence-corrected chi connectivity index (χ2v) is 6.00. The smallest absolute Gasteiger partial charge is 0.194 e. The lowest BCUT2D eigenvalue weighted by atomic mass is 10.3. The fraction of sp³-hybridized carbons (Fsp3) is 0.263. The van der Waals surface area contributed by atoms with Crippen molar-refractivity contribution in [2.75, 3.05) is 14.1 Å².